The molecule has 1 aromatic heterocycles. The quantitative estimate of drug-likeness (QED) is 0.719. The van der Waals surface area contributed by atoms with Crippen LogP contribution in [0, 0.1) is 0 Å². The van der Waals surface area contributed by atoms with Gasteiger partial charge in [0, 0.05) is 13.1 Å². The number of hydrogen-bond acceptors (Lipinski definition) is 6. The van der Waals surface area contributed by atoms with Gasteiger partial charge in [0.1, 0.15) is 0 Å². The molecule has 7 heteroatoms. The summed E-state index contributed by atoms with van der Waals surface area (Å²) < 4.78 is 13.3. The number of benzene rings is 1. The first kappa shape index (κ1) is 18.0. The zero-order chi connectivity index (χ0) is 17.4. The van der Waals surface area contributed by atoms with Crippen LogP contribution < -0.4 is 14.8 Å². The average Bonchev–Trinajstić information content (AvgIpc) is 3.00. The van der Waals surface area contributed by atoms with Crippen LogP contribution in [0.1, 0.15) is 46.1 Å². The van der Waals surface area contributed by atoms with Gasteiger partial charge in [-0.1, -0.05) is 24.5 Å². The topological polar surface area (TPSA) is 74.1 Å². The van der Waals surface area contributed by atoms with Crippen LogP contribution in [0.3, 0.4) is 0 Å². The second-order valence-electron chi connectivity index (χ2n) is 5.81. The van der Waals surface area contributed by atoms with E-state index >= 15 is 0 Å². The predicted molar refractivity (Wildman–Crippen MR) is 93.4 cm³/mol. The van der Waals surface area contributed by atoms with E-state index in [-0.39, 0.29) is 6.10 Å². The number of aromatic nitrogens is 4. The molecule has 1 N–H and O–H groups in total. The van der Waals surface area contributed by atoms with E-state index in [1.807, 2.05) is 39.0 Å². The van der Waals surface area contributed by atoms with Gasteiger partial charge in [0.25, 0.3) is 0 Å². The summed E-state index contributed by atoms with van der Waals surface area (Å²) >= 11 is 0. The molecule has 24 heavy (non-hydrogen) atoms. The summed E-state index contributed by atoms with van der Waals surface area (Å²) in [5, 5.41) is 15.1. The molecule has 0 radical (unpaired) electrons. The van der Waals surface area contributed by atoms with Gasteiger partial charge in [0.05, 0.1) is 12.7 Å². The Labute approximate surface area is 143 Å². The second kappa shape index (κ2) is 9.10. The van der Waals surface area contributed by atoms with E-state index < -0.39 is 0 Å². The Balaban J connectivity index is 2.04. The fraction of sp³-hybridized carbons (Fsp3) is 0.588. The van der Waals surface area contributed by atoms with Crippen LogP contribution in [0.5, 0.6) is 11.5 Å². The maximum absolute atomic E-state index is 5.78. The van der Waals surface area contributed by atoms with E-state index in [0.29, 0.717) is 19.1 Å². The summed E-state index contributed by atoms with van der Waals surface area (Å²) in [4.78, 5) is 0. The molecule has 2 rings (SSSR count). The highest BCUT2D eigenvalue weighted by atomic mass is 16.5. The number of unbranched alkanes of at least 4 members (excludes halogenated alkanes) is 1. The van der Waals surface area contributed by atoms with Gasteiger partial charge in [0.2, 0.25) is 5.95 Å². The van der Waals surface area contributed by atoms with Gasteiger partial charge >= 0.3 is 0 Å². The monoisotopic (exact) mass is 333 g/mol. The van der Waals surface area contributed by atoms with E-state index in [4.69, 9.17) is 9.47 Å². The molecule has 1 aromatic carbocycles. The van der Waals surface area contributed by atoms with Crippen LogP contribution >= 0.6 is 0 Å². The molecule has 0 amide bonds. The van der Waals surface area contributed by atoms with Crippen molar-refractivity contribution in [3.8, 4) is 11.5 Å². The average molecular weight is 333 g/mol. The molecule has 0 fully saturated rings. The third-order valence-corrected chi connectivity index (χ3v) is 3.38. The van der Waals surface area contributed by atoms with Gasteiger partial charge in [-0.25, -0.2) is 4.68 Å². The van der Waals surface area contributed by atoms with E-state index in [1.54, 1.807) is 4.68 Å². The lowest BCUT2D eigenvalue weighted by molar-refractivity contribution is 0.223. The molecule has 0 unspecified atom stereocenters. The molecular formula is C17H27N5O2. The fourth-order valence-electron chi connectivity index (χ4n) is 2.25. The second-order valence-corrected chi connectivity index (χ2v) is 5.81. The predicted octanol–water partition coefficient (Wildman–Crippen LogP) is 3.27. The van der Waals surface area contributed by atoms with E-state index in [1.165, 1.54) is 0 Å². The molecular weight excluding hydrogens is 306 g/mol. The lowest BCUT2D eigenvalue weighted by Crippen LogP contribution is -2.10. The largest absolute Gasteiger partial charge is 0.490 e. The Morgan fingerprint density at radius 3 is 2.75 bits per heavy atom. The first-order valence-electron chi connectivity index (χ1n) is 8.56. The smallest absolute Gasteiger partial charge is 0.243 e. The van der Waals surface area contributed by atoms with E-state index in [2.05, 4.69) is 27.8 Å². The summed E-state index contributed by atoms with van der Waals surface area (Å²) in [6.07, 6.45) is 2.26. The molecule has 2 aromatic rings. The summed E-state index contributed by atoms with van der Waals surface area (Å²) in [5.41, 5.74) is 1.08. The number of anilines is 1. The minimum Gasteiger partial charge on any atom is -0.490 e. The van der Waals surface area contributed by atoms with Gasteiger partial charge in [-0.05, 0) is 55.3 Å². The Bertz CT molecular complexity index is 627. The normalized spacial score (nSPS) is 10.9. The van der Waals surface area contributed by atoms with Crippen molar-refractivity contribution in [3.63, 3.8) is 0 Å². The maximum atomic E-state index is 5.78. The van der Waals surface area contributed by atoms with Crippen LogP contribution in [0.25, 0.3) is 0 Å². The van der Waals surface area contributed by atoms with Crippen LogP contribution in [0.15, 0.2) is 18.2 Å². The lowest BCUT2D eigenvalue weighted by Gasteiger charge is -2.15. The van der Waals surface area contributed by atoms with Crippen molar-refractivity contribution < 1.29 is 9.47 Å². The minimum absolute atomic E-state index is 0.108. The molecule has 0 spiro atoms. The minimum atomic E-state index is 0.108. The molecule has 0 saturated heterocycles. The molecule has 0 aliphatic heterocycles. The van der Waals surface area contributed by atoms with E-state index in [0.717, 1.165) is 36.4 Å². The van der Waals surface area contributed by atoms with Crippen molar-refractivity contribution in [1.82, 2.24) is 20.2 Å². The Hall–Kier alpha value is -2.31. The highest BCUT2D eigenvalue weighted by molar-refractivity contribution is 5.44. The Kier molecular flexibility index (Phi) is 6.84. The lowest BCUT2D eigenvalue weighted by atomic mass is 10.2. The highest BCUT2D eigenvalue weighted by Crippen LogP contribution is 2.29. The van der Waals surface area contributed by atoms with Crippen molar-refractivity contribution in [3.05, 3.63) is 23.8 Å². The van der Waals surface area contributed by atoms with Gasteiger partial charge in [0.15, 0.2) is 11.5 Å². The first-order chi connectivity index (χ1) is 11.6. The summed E-state index contributed by atoms with van der Waals surface area (Å²) in [6.45, 7) is 10.1. The first-order valence-corrected chi connectivity index (χ1v) is 8.56. The van der Waals surface area contributed by atoms with Crippen molar-refractivity contribution in [2.24, 2.45) is 0 Å². The van der Waals surface area contributed by atoms with Crippen molar-refractivity contribution >= 4 is 5.95 Å². The summed E-state index contributed by atoms with van der Waals surface area (Å²) in [5.74, 6) is 2.21. The zero-order valence-electron chi connectivity index (χ0n) is 15.0. The molecule has 0 bridgehead atoms. The number of aryl methyl sites for hydroxylation is 1. The third kappa shape index (κ3) is 5.11. The Morgan fingerprint density at radius 1 is 1.21 bits per heavy atom. The van der Waals surface area contributed by atoms with Gasteiger partial charge < -0.3 is 14.8 Å². The maximum Gasteiger partial charge on any atom is 0.243 e. The van der Waals surface area contributed by atoms with Crippen molar-refractivity contribution in [2.45, 2.75) is 59.7 Å². The molecule has 0 saturated carbocycles. The SMILES string of the molecule is CCCCn1nnnc1NCc1ccc(OC(C)C)c(OCC)c1. The number of hydrogen-bond donors (Lipinski definition) is 1. The zero-order valence-corrected chi connectivity index (χ0v) is 15.0. The summed E-state index contributed by atoms with van der Waals surface area (Å²) in [7, 11) is 0. The number of nitrogens with zero attached hydrogens (tertiary/aromatic N) is 4. The molecule has 7 nitrogen and oxygen atoms in total. The van der Waals surface area contributed by atoms with Crippen molar-refractivity contribution in [2.75, 3.05) is 11.9 Å². The number of rotatable bonds is 10. The number of nitrogens with one attached hydrogen (secondary N) is 1. The van der Waals surface area contributed by atoms with Crippen LogP contribution in [0.2, 0.25) is 0 Å². The number of tetrazole rings is 1. The molecule has 132 valence electrons. The summed E-state index contributed by atoms with van der Waals surface area (Å²) in [6, 6.07) is 5.96. The molecule has 0 atom stereocenters. The fourth-order valence-corrected chi connectivity index (χ4v) is 2.25. The number of ether oxygens (including phenoxy) is 2. The third-order valence-electron chi connectivity index (χ3n) is 3.38. The van der Waals surface area contributed by atoms with Crippen LogP contribution in [-0.4, -0.2) is 32.9 Å². The van der Waals surface area contributed by atoms with Gasteiger partial charge in [-0.15, -0.1) is 0 Å². The van der Waals surface area contributed by atoms with Crippen LogP contribution in [-0.2, 0) is 13.1 Å². The highest BCUT2D eigenvalue weighted by Gasteiger charge is 2.10. The van der Waals surface area contributed by atoms with Crippen LogP contribution in [0.4, 0.5) is 5.95 Å². The standard InChI is InChI=1S/C17H27N5O2/c1-5-7-10-22-17(19-20-21-22)18-12-14-8-9-15(24-13(3)4)16(11-14)23-6-2/h8-9,11,13H,5-7,10,12H2,1-4H3,(H,18,19,21). The molecule has 0 aliphatic rings. The van der Waals surface area contributed by atoms with E-state index in [9.17, 15) is 0 Å². The van der Waals surface area contributed by atoms with Crippen molar-refractivity contribution in [1.29, 1.82) is 0 Å². The Morgan fingerprint density at radius 2 is 2.04 bits per heavy atom. The van der Waals surface area contributed by atoms with Gasteiger partial charge in [-0.3, -0.25) is 0 Å². The van der Waals surface area contributed by atoms with Gasteiger partial charge in [-0.2, -0.15) is 0 Å². The molecule has 0 aliphatic carbocycles. The molecule has 1 heterocycles.